The molecule has 1 aromatic heterocycles. The molecule has 0 radical (unpaired) electrons. The molecule has 0 saturated heterocycles. The number of nitrogens with zero attached hydrogens (tertiary/aromatic N) is 2. The highest BCUT2D eigenvalue weighted by Crippen LogP contribution is 2.29. The Morgan fingerprint density at radius 1 is 1.42 bits per heavy atom. The molecule has 0 fully saturated rings. The molecule has 1 aliphatic heterocycles. The third kappa shape index (κ3) is 2.09. The largest absolute Gasteiger partial charge is 0.441 e. The molecule has 1 atom stereocenters. The number of aromatic nitrogens is 1. The Morgan fingerprint density at radius 3 is 3.05 bits per heavy atom. The Balaban J connectivity index is 1.99. The van der Waals surface area contributed by atoms with E-state index in [1.165, 1.54) is 0 Å². The van der Waals surface area contributed by atoms with Crippen molar-refractivity contribution in [1.82, 2.24) is 15.8 Å². The van der Waals surface area contributed by atoms with Crippen molar-refractivity contribution in [2.24, 2.45) is 4.99 Å². The number of benzene rings is 1. The molecule has 2 aromatic rings. The number of likely N-dealkylation sites (N-methyl/N-ethyl adjacent to an activating group) is 1. The van der Waals surface area contributed by atoms with Gasteiger partial charge in [0.15, 0.2) is 17.1 Å². The number of oxazole rings is 1. The minimum atomic E-state index is -0.590. The summed E-state index contributed by atoms with van der Waals surface area (Å²) < 4.78 is 5.47. The lowest BCUT2D eigenvalue weighted by Gasteiger charge is -2.19. The Morgan fingerprint density at radius 2 is 2.26 bits per heavy atom. The fraction of sp³-hybridized carbons (Fsp3) is 0.385. The number of fused-ring (bicyclic) bond motifs is 1. The molecular weight excluding hydrogens is 244 g/mol. The molecule has 0 aliphatic carbocycles. The van der Waals surface area contributed by atoms with E-state index < -0.39 is 5.66 Å². The van der Waals surface area contributed by atoms with Crippen molar-refractivity contribution in [1.29, 1.82) is 0 Å². The van der Waals surface area contributed by atoms with E-state index in [-0.39, 0.29) is 0 Å². The maximum atomic E-state index is 5.47. The summed E-state index contributed by atoms with van der Waals surface area (Å²) in [5, 5.41) is 3.01. The third-order valence-electron chi connectivity index (χ3n) is 3.10. The number of aliphatic imine (C=N–C) groups is 1. The van der Waals surface area contributed by atoms with Gasteiger partial charge in [-0.15, -0.1) is 5.48 Å². The van der Waals surface area contributed by atoms with Crippen LogP contribution in [0.15, 0.2) is 27.6 Å². The second-order valence-corrected chi connectivity index (χ2v) is 4.73. The number of rotatable bonds is 3. The van der Waals surface area contributed by atoms with Gasteiger partial charge in [-0.1, -0.05) is 6.07 Å². The van der Waals surface area contributed by atoms with Crippen LogP contribution < -0.4 is 10.8 Å². The van der Waals surface area contributed by atoms with Crippen molar-refractivity contribution in [3.05, 3.63) is 29.7 Å². The first-order valence-electron chi connectivity index (χ1n) is 6.16. The van der Waals surface area contributed by atoms with E-state index in [1.54, 1.807) is 0 Å². The van der Waals surface area contributed by atoms with Gasteiger partial charge >= 0.3 is 0 Å². The van der Waals surface area contributed by atoms with Crippen LogP contribution in [-0.2, 0) is 10.5 Å². The van der Waals surface area contributed by atoms with Gasteiger partial charge in [0.1, 0.15) is 5.52 Å². The Kier molecular flexibility index (Phi) is 2.76. The Labute approximate surface area is 110 Å². The smallest absolute Gasteiger partial charge is 0.225 e. The average molecular weight is 260 g/mol. The molecule has 2 heterocycles. The molecule has 1 unspecified atom stereocenters. The SMILES string of the molecule is CNCC1=NC(C)(c2ccc3oc(C)nc3c2)NO1. The molecule has 3 rings (SSSR count). The normalized spacial score (nSPS) is 22.6. The van der Waals surface area contributed by atoms with Crippen LogP contribution in [-0.4, -0.2) is 24.5 Å². The molecule has 2 N–H and O–H groups in total. The van der Waals surface area contributed by atoms with Crippen LogP contribution in [0.5, 0.6) is 0 Å². The van der Waals surface area contributed by atoms with Gasteiger partial charge in [0.2, 0.25) is 5.90 Å². The van der Waals surface area contributed by atoms with Crippen LogP contribution in [0.3, 0.4) is 0 Å². The van der Waals surface area contributed by atoms with Crippen molar-refractivity contribution >= 4 is 17.0 Å². The standard InChI is InChI=1S/C13H16N4O2/c1-8-15-10-6-9(4-5-11(10)18-8)13(2)16-12(7-14-3)19-17-13/h4-6,14,17H,7H2,1-3H3. The van der Waals surface area contributed by atoms with E-state index in [4.69, 9.17) is 9.25 Å². The van der Waals surface area contributed by atoms with E-state index in [9.17, 15) is 0 Å². The molecule has 1 aliphatic rings. The van der Waals surface area contributed by atoms with Crippen LogP contribution in [0, 0.1) is 6.92 Å². The van der Waals surface area contributed by atoms with Gasteiger partial charge < -0.3 is 14.6 Å². The fourth-order valence-electron chi connectivity index (χ4n) is 2.15. The van der Waals surface area contributed by atoms with Gasteiger partial charge in [0.25, 0.3) is 0 Å². The van der Waals surface area contributed by atoms with E-state index >= 15 is 0 Å². The molecule has 6 nitrogen and oxygen atoms in total. The molecule has 1 aromatic carbocycles. The lowest BCUT2D eigenvalue weighted by Crippen LogP contribution is -2.32. The first-order chi connectivity index (χ1) is 9.10. The molecule has 19 heavy (non-hydrogen) atoms. The van der Waals surface area contributed by atoms with Gasteiger partial charge in [-0.05, 0) is 31.7 Å². The molecule has 0 saturated carbocycles. The van der Waals surface area contributed by atoms with Crippen molar-refractivity contribution in [3.8, 4) is 0 Å². The summed E-state index contributed by atoms with van der Waals surface area (Å²) in [5.74, 6) is 1.30. The molecule has 0 spiro atoms. The van der Waals surface area contributed by atoms with Crippen LogP contribution in [0.4, 0.5) is 0 Å². The fourth-order valence-corrected chi connectivity index (χ4v) is 2.15. The number of nitrogens with one attached hydrogen (secondary N) is 2. The number of aryl methyl sites for hydroxylation is 1. The molecule has 100 valence electrons. The lowest BCUT2D eigenvalue weighted by molar-refractivity contribution is 0.126. The molecule has 0 bridgehead atoms. The zero-order valence-corrected chi connectivity index (χ0v) is 11.2. The first kappa shape index (κ1) is 12.1. The van der Waals surface area contributed by atoms with Gasteiger partial charge in [0.05, 0.1) is 6.54 Å². The summed E-state index contributed by atoms with van der Waals surface area (Å²) in [7, 11) is 1.85. The average Bonchev–Trinajstić information content (AvgIpc) is 2.92. The van der Waals surface area contributed by atoms with Crippen LogP contribution in [0.2, 0.25) is 0 Å². The van der Waals surface area contributed by atoms with Crippen LogP contribution >= 0.6 is 0 Å². The maximum absolute atomic E-state index is 5.47. The van der Waals surface area contributed by atoms with E-state index in [0.29, 0.717) is 18.3 Å². The van der Waals surface area contributed by atoms with E-state index in [2.05, 4.69) is 20.8 Å². The quantitative estimate of drug-likeness (QED) is 0.874. The van der Waals surface area contributed by atoms with E-state index in [1.807, 2.05) is 39.1 Å². The van der Waals surface area contributed by atoms with Gasteiger partial charge in [-0.2, -0.15) is 0 Å². The predicted octanol–water partition coefficient (Wildman–Crippen LogP) is 1.46. The highest BCUT2D eigenvalue weighted by molar-refractivity contribution is 5.80. The Bertz CT molecular complexity index is 649. The monoisotopic (exact) mass is 260 g/mol. The number of hydrogen-bond donors (Lipinski definition) is 2. The topological polar surface area (TPSA) is 71.7 Å². The number of hydrogen-bond acceptors (Lipinski definition) is 6. The second kappa shape index (κ2) is 4.32. The van der Waals surface area contributed by atoms with Crippen LogP contribution in [0.25, 0.3) is 11.1 Å². The molecular formula is C13H16N4O2. The Hall–Kier alpha value is -1.92. The zero-order chi connectivity index (χ0) is 13.5. The van der Waals surface area contributed by atoms with Crippen molar-refractivity contribution in [3.63, 3.8) is 0 Å². The zero-order valence-electron chi connectivity index (χ0n) is 11.2. The lowest BCUT2D eigenvalue weighted by atomic mass is 10.0. The second-order valence-electron chi connectivity index (χ2n) is 4.73. The van der Waals surface area contributed by atoms with Crippen molar-refractivity contribution in [2.45, 2.75) is 19.5 Å². The maximum Gasteiger partial charge on any atom is 0.225 e. The third-order valence-corrected chi connectivity index (χ3v) is 3.10. The van der Waals surface area contributed by atoms with Crippen LogP contribution in [0.1, 0.15) is 18.4 Å². The summed E-state index contributed by atoms with van der Waals surface area (Å²) in [4.78, 5) is 14.3. The predicted molar refractivity (Wildman–Crippen MR) is 71.7 cm³/mol. The summed E-state index contributed by atoms with van der Waals surface area (Å²) >= 11 is 0. The number of hydroxylamine groups is 1. The minimum Gasteiger partial charge on any atom is -0.441 e. The highest BCUT2D eigenvalue weighted by Gasteiger charge is 2.33. The van der Waals surface area contributed by atoms with Gasteiger partial charge in [0, 0.05) is 6.92 Å². The summed E-state index contributed by atoms with van der Waals surface area (Å²) in [6, 6.07) is 5.84. The summed E-state index contributed by atoms with van der Waals surface area (Å²) in [5.41, 5.74) is 4.96. The van der Waals surface area contributed by atoms with Gasteiger partial charge in [-0.25, -0.2) is 9.98 Å². The van der Waals surface area contributed by atoms with Crippen molar-refractivity contribution < 1.29 is 9.25 Å². The summed E-state index contributed by atoms with van der Waals surface area (Å²) in [6.45, 7) is 4.39. The molecule has 0 amide bonds. The van der Waals surface area contributed by atoms with Crippen molar-refractivity contribution in [2.75, 3.05) is 13.6 Å². The van der Waals surface area contributed by atoms with E-state index in [0.717, 1.165) is 16.7 Å². The van der Waals surface area contributed by atoms with Gasteiger partial charge in [-0.3, -0.25) is 0 Å². The first-order valence-corrected chi connectivity index (χ1v) is 6.16. The summed E-state index contributed by atoms with van der Waals surface area (Å²) in [6.07, 6.45) is 0. The highest BCUT2D eigenvalue weighted by atomic mass is 16.7. The minimum absolute atomic E-state index is 0.590. The molecule has 6 heteroatoms.